The summed E-state index contributed by atoms with van der Waals surface area (Å²) < 4.78 is 1.89. The molecule has 1 aromatic heterocycles. The van der Waals surface area contributed by atoms with Gasteiger partial charge < -0.3 is 10.4 Å². The second-order valence-corrected chi connectivity index (χ2v) is 5.16. The van der Waals surface area contributed by atoms with Crippen LogP contribution in [0.25, 0.3) is 10.8 Å². The Morgan fingerprint density at radius 1 is 1.14 bits per heavy atom. The molecule has 21 heavy (non-hydrogen) atoms. The molecule has 2 aromatic carbocycles. The number of hydrogen-bond acceptors (Lipinski definition) is 3. The molecule has 0 bridgehead atoms. The van der Waals surface area contributed by atoms with Crippen molar-refractivity contribution in [3.63, 3.8) is 0 Å². The van der Waals surface area contributed by atoms with Gasteiger partial charge in [-0.2, -0.15) is 5.10 Å². The fourth-order valence-corrected chi connectivity index (χ4v) is 2.59. The van der Waals surface area contributed by atoms with Gasteiger partial charge in [0.05, 0.1) is 0 Å². The van der Waals surface area contributed by atoms with Crippen LogP contribution in [0.4, 0.5) is 0 Å². The highest BCUT2D eigenvalue weighted by Crippen LogP contribution is 2.26. The van der Waals surface area contributed by atoms with Crippen molar-refractivity contribution in [2.75, 3.05) is 6.54 Å². The Morgan fingerprint density at radius 2 is 2.00 bits per heavy atom. The molecule has 1 heterocycles. The van der Waals surface area contributed by atoms with E-state index in [4.69, 9.17) is 0 Å². The van der Waals surface area contributed by atoms with E-state index in [0.29, 0.717) is 12.3 Å². The van der Waals surface area contributed by atoms with Gasteiger partial charge in [0.1, 0.15) is 5.75 Å². The molecule has 2 N–H and O–H groups in total. The van der Waals surface area contributed by atoms with Gasteiger partial charge in [-0.05, 0) is 22.9 Å². The third-order valence-electron chi connectivity index (χ3n) is 3.80. The maximum absolute atomic E-state index is 10.1. The third kappa shape index (κ3) is 2.90. The van der Waals surface area contributed by atoms with Crippen LogP contribution in [0.1, 0.15) is 11.3 Å². The molecule has 0 unspecified atom stereocenters. The number of aromatic nitrogens is 2. The van der Waals surface area contributed by atoms with Crippen molar-refractivity contribution in [1.29, 1.82) is 0 Å². The molecule has 0 aliphatic rings. The van der Waals surface area contributed by atoms with Crippen molar-refractivity contribution in [2.45, 2.75) is 13.0 Å². The summed E-state index contributed by atoms with van der Waals surface area (Å²) in [6, 6.07) is 13.9. The van der Waals surface area contributed by atoms with E-state index in [1.54, 1.807) is 6.07 Å². The quantitative estimate of drug-likeness (QED) is 0.707. The molecule has 0 saturated carbocycles. The van der Waals surface area contributed by atoms with E-state index in [1.165, 1.54) is 5.69 Å². The van der Waals surface area contributed by atoms with Crippen LogP contribution in [0.15, 0.2) is 48.7 Å². The molecule has 4 heteroatoms. The van der Waals surface area contributed by atoms with Crippen LogP contribution >= 0.6 is 0 Å². The van der Waals surface area contributed by atoms with E-state index in [1.807, 2.05) is 48.3 Å². The van der Waals surface area contributed by atoms with Crippen LogP contribution in [-0.4, -0.2) is 21.4 Å². The second kappa shape index (κ2) is 5.97. The summed E-state index contributed by atoms with van der Waals surface area (Å²) in [4.78, 5) is 0. The largest absolute Gasteiger partial charge is 0.508 e. The van der Waals surface area contributed by atoms with Gasteiger partial charge in [0.15, 0.2) is 0 Å². The fourth-order valence-electron chi connectivity index (χ4n) is 2.59. The van der Waals surface area contributed by atoms with Crippen LogP contribution in [0.5, 0.6) is 5.75 Å². The van der Waals surface area contributed by atoms with E-state index < -0.39 is 0 Å². The number of aryl methyl sites for hydroxylation is 1. The first-order valence-electron chi connectivity index (χ1n) is 7.13. The van der Waals surface area contributed by atoms with Crippen molar-refractivity contribution < 1.29 is 5.11 Å². The summed E-state index contributed by atoms with van der Waals surface area (Å²) in [7, 11) is 1.95. The first kappa shape index (κ1) is 13.6. The molecular weight excluding hydrogens is 262 g/mol. The Labute approximate surface area is 124 Å². The lowest BCUT2D eigenvalue weighted by atomic mass is 10.0. The molecule has 0 aliphatic carbocycles. The molecule has 3 aromatic rings. The summed E-state index contributed by atoms with van der Waals surface area (Å²) in [6.45, 7) is 1.51. The third-order valence-corrected chi connectivity index (χ3v) is 3.80. The fraction of sp³-hybridized carbons (Fsp3) is 0.235. The molecule has 108 valence electrons. The molecule has 0 atom stereocenters. The minimum atomic E-state index is 0.349. The minimum absolute atomic E-state index is 0.349. The summed E-state index contributed by atoms with van der Waals surface area (Å²) >= 11 is 0. The number of phenols is 1. The topological polar surface area (TPSA) is 50.1 Å². The number of hydrogen-bond donors (Lipinski definition) is 2. The smallest absolute Gasteiger partial charge is 0.120 e. The highest BCUT2D eigenvalue weighted by molar-refractivity contribution is 5.87. The Hall–Kier alpha value is -2.33. The van der Waals surface area contributed by atoms with Crippen LogP contribution < -0.4 is 5.32 Å². The number of rotatable bonds is 5. The zero-order valence-corrected chi connectivity index (χ0v) is 12.1. The molecule has 0 radical (unpaired) electrons. The van der Waals surface area contributed by atoms with Gasteiger partial charge in [-0.1, -0.05) is 30.3 Å². The summed E-state index contributed by atoms with van der Waals surface area (Å²) in [5, 5.41) is 19.9. The van der Waals surface area contributed by atoms with Gasteiger partial charge in [0.2, 0.25) is 0 Å². The van der Waals surface area contributed by atoms with Gasteiger partial charge in [0.25, 0.3) is 0 Å². The SMILES string of the molecule is Cn1nccc1CCNCc1c(O)ccc2ccccc12. The minimum Gasteiger partial charge on any atom is -0.508 e. The lowest BCUT2D eigenvalue weighted by Crippen LogP contribution is -2.18. The van der Waals surface area contributed by atoms with Gasteiger partial charge in [0, 0.05) is 44.0 Å². The predicted octanol–water partition coefficient (Wildman–Crippen LogP) is 2.61. The van der Waals surface area contributed by atoms with Crippen molar-refractivity contribution >= 4 is 10.8 Å². The van der Waals surface area contributed by atoms with E-state index in [0.717, 1.165) is 29.3 Å². The standard InChI is InChI=1S/C17H19N3O/c1-20-14(9-11-19-20)8-10-18-12-16-15-5-3-2-4-13(15)6-7-17(16)21/h2-7,9,11,18,21H,8,10,12H2,1H3. The number of nitrogens with one attached hydrogen (secondary N) is 1. The lowest BCUT2D eigenvalue weighted by molar-refractivity contribution is 0.466. The van der Waals surface area contributed by atoms with Crippen molar-refractivity contribution in [2.24, 2.45) is 7.05 Å². The van der Waals surface area contributed by atoms with Gasteiger partial charge in [-0.25, -0.2) is 0 Å². The summed E-state index contributed by atoms with van der Waals surface area (Å²) in [6.07, 6.45) is 2.73. The maximum Gasteiger partial charge on any atom is 0.120 e. The van der Waals surface area contributed by atoms with Gasteiger partial charge in [-0.15, -0.1) is 0 Å². The van der Waals surface area contributed by atoms with Crippen LogP contribution in [0, 0.1) is 0 Å². The average molecular weight is 281 g/mol. The Kier molecular flexibility index (Phi) is 3.88. The lowest BCUT2D eigenvalue weighted by Gasteiger charge is -2.10. The van der Waals surface area contributed by atoms with Crippen molar-refractivity contribution in [1.82, 2.24) is 15.1 Å². The molecule has 0 amide bonds. The normalized spacial score (nSPS) is 11.1. The first-order chi connectivity index (χ1) is 10.3. The molecule has 0 spiro atoms. The van der Waals surface area contributed by atoms with Gasteiger partial charge >= 0.3 is 0 Å². The summed E-state index contributed by atoms with van der Waals surface area (Å²) in [5.41, 5.74) is 2.16. The molecule has 0 fully saturated rings. The Bertz CT molecular complexity index is 749. The van der Waals surface area contributed by atoms with Crippen LogP contribution in [-0.2, 0) is 20.0 Å². The Morgan fingerprint density at radius 3 is 2.81 bits per heavy atom. The zero-order valence-electron chi connectivity index (χ0n) is 12.1. The van der Waals surface area contributed by atoms with Crippen molar-refractivity contribution in [3.05, 3.63) is 59.9 Å². The van der Waals surface area contributed by atoms with Crippen LogP contribution in [0.3, 0.4) is 0 Å². The van der Waals surface area contributed by atoms with E-state index in [-0.39, 0.29) is 0 Å². The van der Waals surface area contributed by atoms with Gasteiger partial charge in [-0.3, -0.25) is 4.68 Å². The predicted molar refractivity (Wildman–Crippen MR) is 84.2 cm³/mol. The Balaban J connectivity index is 1.68. The molecule has 3 rings (SSSR count). The van der Waals surface area contributed by atoms with E-state index in [9.17, 15) is 5.11 Å². The van der Waals surface area contributed by atoms with Crippen LogP contribution in [0.2, 0.25) is 0 Å². The highest BCUT2D eigenvalue weighted by atomic mass is 16.3. The number of benzene rings is 2. The zero-order chi connectivity index (χ0) is 14.7. The van der Waals surface area contributed by atoms with E-state index in [2.05, 4.69) is 16.5 Å². The highest BCUT2D eigenvalue weighted by Gasteiger charge is 2.06. The number of aromatic hydroxyl groups is 1. The molecule has 0 saturated heterocycles. The first-order valence-corrected chi connectivity index (χ1v) is 7.13. The van der Waals surface area contributed by atoms with Crippen molar-refractivity contribution in [3.8, 4) is 5.75 Å². The maximum atomic E-state index is 10.1. The number of phenolic OH excluding ortho intramolecular Hbond substituents is 1. The molecular formula is C17H19N3O. The second-order valence-electron chi connectivity index (χ2n) is 5.16. The number of fused-ring (bicyclic) bond motifs is 1. The van der Waals surface area contributed by atoms with E-state index >= 15 is 0 Å². The molecule has 4 nitrogen and oxygen atoms in total. The number of nitrogens with zero attached hydrogens (tertiary/aromatic N) is 2. The average Bonchev–Trinajstić information content (AvgIpc) is 2.91. The monoisotopic (exact) mass is 281 g/mol. The molecule has 0 aliphatic heterocycles. The summed E-state index contributed by atoms with van der Waals surface area (Å²) in [5.74, 6) is 0.349.